The summed E-state index contributed by atoms with van der Waals surface area (Å²) in [6.45, 7) is 10.9. The van der Waals surface area contributed by atoms with Gasteiger partial charge in [0.1, 0.15) is 0 Å². The minimum Gasteiger partial charge on any atom is -0.344 e. The van der Waals surface area contributed by atoms with Gasteiger partial charge in [0, 0.05) is 7.85 Å². The predicted molar refractivity (Wildman–Crippen MR) is 86.0 cm³/mol. The Labute approximate surface area is 130 Å². The van der Waals surface area contributed by atoms with Crippen LogP contribution in [0.4, 0.5) is 0 Å². The first kappa shape index (κ1) is 14.0. The molecule has 1 unspecified atom stereocenters. The quantitative estimate of drug-likeness (QED) is 0.593. The Bertz CT molecular complexity index is 506. The van der Waals surface area contributed by atoms with E-state index in [-0.39, 0.29) is 6.84 Å². The van der Waals surface area contributed by atoms with Crippen molar-refractivity contribution < 1.29 is 10.9 Å². The first-order valence-corrected chi connectivity index (χ1v) is 8.69. The van der Waals surface area contributed by atoms with E-state index in [0.29, 0.717) is 11.3 Å². The van der Waals surface area contributed by atoms with Gasteiger partial charge in [0.25, 0.3) is 0 Å². The number of hydrogen-bond acceptors (Lipinski definition) is 2. The highest BCUT2D eigenvalue weighted by Gasteiger charge is 2.58. The first-order valence-electron chi connectivity index (χ1n) is 8.69. The van der Waals surface area contributed by atoms with Crippen molar-refractivity contribution in [2.75, 3.05) is 13.2 Å². The summed E-state index contributed by atoms with van der Waals surface area (Å²) in [4.78, 5) is 0. The maximum absolute atomic E-state index is 6.01. The molecule has 118 valence electrons. The topological polar surface area (TPSA) is 18.5 Å². The monoisotopic (exact) mass is 290 g/mol. The highest BCUT2D eigenvalue weighted by Crippen LogP contribution is 2.65. The zero-order valence-corrected chi connectivity index (χ0v) is 13.5. The molecule has 3 fully saturated rings. The molecule has 4 aliphatic rings. The summed E-state index contributed by atoms with van der Waals surface area (Å²) in [6, 6.07) is 0. The molecular weight excluding hydrogens is 260 g/mol. The number of fused-ring (bicyclic) bond motifs is 3. The molecule has 3 atom stereocenters. The van der Waals surface area contributed by atoms with Crippen molar-refractivity contribution in [3.05, 3.63) is 23.8 Å². The smallest absolute Gasteiger partial charge is 0.190 e. The third-order valence-corrected chi connectivity index (χ3v) is 6.94. The van der Waals surface area contributed by atoms with Gasteiger partial charge in [-0.05, 0) is 60.8 Å². The Morgan fingerprint density at radius 2 is 1.90 bits per heavy atom. The second-order valence-corrected chi connectivity index (χ2v) is 8.05. The van der Waals surface area contributed by atoms with Crippen LogP contribution < -0.4 is 0 Å². The van der Waals surface area contributed by atoms with Crippen molar-refractivity contribution in [1.82, 2.24) is 0 Å². The molecule has 1 aliphatic heterocycles. The molecule has 0 aromatic heterocycles. The molecule has 21 heavy (non-hydrogen) atoms. The molecule has 0 radical (unpaired) electrons. The average Bonchev–Trinajstić information content (AvgIpc) is 2.93. The molecule has 0 N–H and O–H groups in total. The average molecular weight is 290 g/mol. The highest BCUT2D eigenvalue weighted by molar-refractivity contribution is 5.35. The number of ether oxygens (including phenoxy) is 2. The molecule has 0 aromatic carbocycles. The van der Waals surface area contributed by atoms with Crippen molar-refractivity contribution in [1.29, 1.82) is 0 Å². The van der Waals surface area contributed by atoms with Crippen LogP contribution in [0.2, 0.25) is 0 Å². The molecule has 1 spiro atoms. The fraction of sp³-hybridized carbons (Fsp3) is 0.789. The molecule has 0 amide bonds. The van der Waals surface area contributed by atoms with Crippen LogP contribution in [0.5, 0.6) is 0 Å². The summed E-state index contributed by atoms with van der Waals surface area (Å²) in [7, 11) is 0. The lowest BCUT2D eigenvalue weighted by Crippen LogP contribution is -2.52. The molecule has 4 rings (SSSR count). The van der Waals surface area contributed by atoms with Gasteiger partial charge in [-0.3, -0.25) is 0 Å². The second kappa shape index (κ2) is 4.45. The summed E-state index contributed by atoms with van der Waals surface area (Å²) in [5.41, 5.74) is 3.67. The molecule has 0 bridgehead atoms. The van der Waals surface area contributed by atoms with E-state index in [0.717, 1.165) is 19.6 Å². The fourth-order valence-electron chi connectivity index (χ4n) is 5.77. The van der Waals surface area contributed by atoms with E-state index >= 15 is 0 Å². The van der Waals surface area contributed by atoms with Gasteiger partial charge < -0.3 is 9.47 Å². The lowest BCUT2D eigenvalue weighted by Gasteiger charge is -2.59. The number of hydrogen-bond donors (Lipinski definition) is 0. The van der Waals surface area contributed by atoms with E-state index in [9.17, 15) is 0 Å². The van der Waals surface area contributed by atoms with E-state index in [1.165, 1.54) is 44.1 Å². The van der Waals surface area contributed by atoms with Gasteiger partial charge in [0.2, 0.25) is 0 Å². The molecule has 1 heterocycles. The molecule has 0 aromatic rings. The van der Waals surface area contributed by atoms with Gasteiger partial charge in [-0.2, -0.15) is 0 Å². The third kappa shape index (κ3) is 1.78. The Kier molecular flexibility index (Phi) is 2.97. The van der Waals surface area contributed by atoms with E-state index in [4.69, 9.17) is 9.47 Å². The van der Waals surface area contributed by atoms with Crippen LogP contribution in [0.15, 0.2) is 23.8 Å². The van der Waals surface area contributed by atoms with Gasteiger partial charge in [-0.25, -0.2) is 0 Å². The van der Waals surface area contributed by atoms with Gasteiger partial charge in [0.15, 0.2) is 5.79 Å². The normalized spacial score (nSPS) is 45.1. The summed E-state index contributed by atoms with van der Waals surface area (Å²) in [6.07, 6.45) is 11.3. The Morgan fingerprint density at radius 1 is 1.14 bits per heavy atom. The zero-order valence-electron chi connectivity index (χ0n) is 13.5. The van der Waals surface area contributed by atoms with Gasteiger partial charge in [0.05, 0.1) is 13.2 Å². The lowest BCUT2D eigenvalue weighted by molar-refractivity contribution is -0.164. The Hall–Kier alpha value is -0.600. The maximum atomic E-state index is 6.01. The van der Waals surface area contributed by atoms with Crippen molar-refractivity contribution in [3.63, 3.8) is 0 Å². The zero-order chi connectivity index (χ0) is 14.7. The van der Waals surface area contributed by atoms with Crippen LogP contribution in [0, 0.1) is 16.7 Å². The molecule has 2 nitrogen and oxygen atoms in total. The predicted octanol–water partition coefficient (Wildman–Crippen LogP) is 4.86. The maximum Gasteiger partial charge on any atom is 0.190 e. The van der Waals surface area contributed by atoms with Crippen LogP contribution in [-0.2, 0) is 9.47 Å². The minimum atomic E-state index is -0.451. The minimum absolute atomic E-state index is 0. The summed E-state index contributed by atoms with van der Waals surface area (Å²) >= 11 is 0. The molecule has 2 heteroatoms. The molecule has 1 saturated heterocycles. The van der Waals surface area contributed by atoms with E-state index in [1.54, 1.807) is 5.57 Å². The highest BCUT2D eigenvalue weighted by atomic mass is 16.7. The summed E-state index contributed by atoms with van der Waals surface area (Å²) < 4.78 is 12.0. The Morgan fingerprint density at radius 3 is 2.67 bits per heavy atom. The molecule has 3 aliphatic carbocycles. The van der Waals surface area contributed by atoms with Crippen LogP contribution in [0.25, 0.3) is 0 Å². The molecular formula is C19H30O2. The number of rotatable bonds is 0. The van der Waals surface area contributed by atoms with Gasteiger partial charge >= 0.3 is 0 Å². The summed E-state index contributed by atoms with van der Waals surface area (Å²) in [5.74, 6) is 0.0782. The Balaban J connectivity index is 0.00000144. The van der Waals surface area contributed by atoms with Crippen LogP contribution >= 0.6 is 0 Å². The van der Waals surface area contributed by atoms with Crippen molar-refractivity contribution >= 4 is 0 Å². The largest absolute Gasteiger partial charge is 0.344 e. The van der Waals surface area contributed by atoms with E-state index in [1.807, 2.05) is 0 Å². The van der Waals surface area contributed by atoms with E-state index < -0.39 is 5.79 Å². The lowest BCUT2D eigenvalue weighted by atomic mass is 9.47. The fourth-order valence-corrected chi connectivity index (χ4v) is 5.77. The van der Waals surface area contributed by atoms with Crippen molar-refractivity contribution in [2.45, 2.75) is 64.6 Å². The van der Waals surface area contributed by atoms with E-state index in [2.05, 4.69) is 26.5 Å². The standard InChI is InChI=1S/C19H28O2.H2/c1-14-15-7-9-17(2)8-5-4-6-16(17)18(15,3)10-11-19(14)20-12-13-21-19;/h6,15H,1,4-5,7-13H2,2-3H3;1H/t15?,17-,18+;/m1./s1. The van der Waals surface area contributed by atoms with Crippen molar-refractivity contribution in [3.8, 4) is 0 Å². The number of allylic oxidation sites excluding steroid dienone is 2. The van der Waals surface area contributed by atoms with Gasteiger partial charge in [-0.15, -0.1) is 0 Å². The third-order valence-electron chi connectivity index (χ3n) is 6.94. The molecule has 2 saturated carbocycles. The van der Waals surface area contributed by atoms with Crippen LogP contribution in [0.1, 0.15) is 60.2 Å². The van der Waals surface area contributed by atoms with Gasteiger partial charge in [-0.1, -0.05) is 32.1 Å². The first-order chi connectivity index (χ1) is 10.0. The van der Waals surface area contributed by atoms with Crippen molar-refractivity contribution in [2.24, 2.45) is 16.7 Å². The summed E-state index contributed by atoms with van der Waals surface area (Å²) in [5, 5.41) is 0. The second-order valence-electron chi connectivity index (χ2n) is 8.05. The van der Waals surface area contributed by atoms with Crippen LogP contribution in [-0.4, -0.2) is 19.0 Å². The van der Waals surface area contributed by atoms with Crippen LogP contribution in [0.3, 0.4) is 0 Å². The SMILES string of the molecule is C=C1C2CC[C@@]3(C)CCCC=C3[C@@]2(C)CCC12OCCO2.[HH].